The molecule has 0 spiro atoms. The highest BCUT2D eigenvalue weighted by atomic mass is 16.5. The van der Waals surface area contributed by atoms with Crippen molar-refractivity contribution in [3.8, 4) is 11.5 Å². The number of ether oxygens (including phenoxy) is 3. The Morgan fingerprint density at radius 2 is 1.83 bits per heavy atom. The van der Waals surface area contributed by atoms with Crippen LogP contribution in [0.1, 0.15) is 49.9 Å². The van der Waals surface area contributed by atoms with E-state index >= 15 is 0 Å². The van der Waals surface area contributed by atoms with E-state index < -0.39 is 5.54 Å². The van der Waals surface area contributed by atoms with Gasteiger partial charge in [-0.15, -0.1) is 0 Å². The zero-order valence-corrected chi connectivity index (χ0v) is 24.3. The van der Waals surface area contributed by atoms with Crippen molar-refractivity contribution in [3.05, 3.63) is 59.3 Å². The minimum absolute atomic E-state index is 0.0312. The lowest BCUT2D eigenvalue weighted by molar-refractivity contribution is -0.166. The third kappa shape index (κ3) is 4.85. The van der Waals surface area contributed by atoms with E-state index in [1.807, 2.05) is 44.2 Å². The molecule has 2 saturated heterocycles. The molecule has 0 saturated carbocycles. The number of piperazine rings is 1. The fraction of sp³-hybridized carbons (Fsp3) is 0.500. The number of nitrogens with zero attached hydrogens (tertiary/aromatic N) is 3. The lowest BCUT2D eigenvalue weighted by atomic mass is 9.76. The van der Waals surface area contributed by atoms with Crippen LogP contribution in [-0.4, -0.2) is 97.2 Å². The van der Waals surface area contributed by atoms with Crippen molar-refractivity contribution in [1.82, 2.24) is 19.7 Å². The van der Waals surface area contributed by atoms with E-state index in [4.69, 9.17) is 14.2 Å². The molecule has 4 heterocycles. The fourth-order valence-corrected chi connectivity index (χ4v) is 6.58. The highest BCUT2D eigenvalue weighted by Gasteiger charge is 2.56. The Kier molecular flexibility index (Phi) is 7.66. The second-order valence-electron chi connectivity index (χ2n) is 11.3. The molecule has 2 aromatic carbocycles. The Hall–Kier alpha value is -3.56. The molecule has 1 aromatic heterocycles. The van der Waals surface area contributed by atoms with E-state index in [1.165, 1.54) is 0 Å². The predicted octanol–water partition coefficient (Wildman–Crippen LogP) is 3.72. The maximum absolute atomic E-state index is 14.3. The van der Waals surface area contributed by atoms with Gasteiger partial charge in [0, 0.05) is 49.5 Å². The van der Waals surface area contributed by atoms with E-state index in [0.717, 1.165) is 59.5 Å². The fourth-order valence-electron chi connectivity index (χ4n) is 6.58. The maximum atomic E-state index is 14.3. The van der Waals surface area contributed by atoms with Gasteiger partial charge in [-0.1, -0.05) is 31.2 Å². The standard InChI is InChI=1S/C32H40N4O5/c1-4-16-41-26-11-10-22(19-27(26)40-5-2)24-20-36-28(37)21-35(13-12-34-14-17-39-18-15-34)31(38)32(36,3)30-29(24)23-8-6-7-9-25(23)33-30/h6-11,19,24,33H,4-5,12-18,20-21H2,1-3H3/t24-,32+/m1/s1. The first kappa shape index (κ1) is 27.6. The van der Waals surface area contributed by atoms with Gasteiger partial charge in [-0.05, 0) is 49.6 Å². The van der Waals surface area contributed by atoms with Crippen LogP contribution < -0.4 is 9.47 Å². The Labute approximate surface area is 241 Å². The number of aromatic nitrogens is 1. The first-order valence-electron chi connectivity index (χ1n) is 14.9. The molecule has 3 aromatic rings. The van der Waals surface area contributed by atoms with E-state index in [9.17, 15) is 9.59 Å². The lowest BCUT2D eigenvalue weighted by Gasteiger charge is -2.51. The first-order valence-corrected chi connectivity index (χ1v) is 14.9. The van der Waals surface area contributed by atoms with Gasteiger partial charge >= 0.3 is 0 Å². The van der Waals surface area contributed by atoms with Gasteiger partial charge in [-0.3, -0.25) is 14.5 Å². The summed E-state index contributed by atoms with van der Waals surface area (Å²) in [4.78, 5) is 37.6. The van der Waals surface area contributed by atoms with Crippen molar-refractivity contribution in [2.24, 2.45) is 0 Å². The molecule has 2 fully saturated rings. The van der Waals surface area contributed by atoms with Crippen LogP contribution in [0.4, 0.5) is 0 Å². The number of hydrogen-bond donors (Lipinski definition) is 1. The Bertz CT molecular complexity index is 1430. The van der Waals surface area contributed by atoms with Gasteiger partial charge in [0.05, 0.1) is 38.7 Å². The van der Waals surface area contributed by atoms with Gasteiger partial charge in [0.2, 0.25) is 5.91 Å². The van der Waals surface area contributed by atoms with Crippen LogP contribution in [0.5, 0.6) is 11.5 Å². The van der Waals surface area contributed by atoms with Gasteiger partial charge in [0.15, 0.2) is 17.0 Å². The van der Waals surface area contributed by atoms with Crippen molar-refractivity contribution in [2.75, 3.05) is 65.7 Å². The lowest BCUT2D eigenvalue weighted by Crippen LogP contribution is -2.68. The maximum Gasteiger partial charge on any atom is 0.254 e. The summed E-state index contributed by atoms with van der Waals surface area (Å²) in [5.41, 5.74) is 2.75. The van der Waals surface area contributed by atoms with E-state index in [2.05, 4.69) is 28.9 Å². The summed E-state index contributed by atoms with van der Waals surface area (Å²) in [6, 6.07) is 14.2. The molecule has 0 bridgehead atoms. The van der Waals surface area contributed by atoms with Gasteiger partial charge < -0.3 is 29.0 Å². The van der Waals surface area contributed by atoms with Crippen molar-refractivity contribution in [1.29, 1.82) is 0 Å². The number of aromatic amines is 1. The van der Waals surface area contributed by atoms with E-state index in [1.54, 1.807) is 9.80 Å². The number of hydrogen-bond acceptors (Lipinski definition) is 6. The first-order chi connectivity index (χ1) is 20.0. The molecule has 3 aliphatic rings. The molecule has 2 atom stereocenters. The molecule has 0 aliphatic carbocycles. The summed E-state index contributed by atoms with van der Waals surface area (Å²) in [6.45, 7) is 11.9. The number of nitrogens with one attached hydrogen (secondary N) is 1. The number of carbonyl (C=O) groups excluding carboxylic acids is 2. The number of benzene rings is 2. The summed E-state index contributed by atoms with van der Waals surface area (Å²) >= 11 is 0. The second kappa shape index (κ2) is 11.4. The zero-order chi connectivity index (χ0) is 28.6. The number of fused-ring (bicyclic) bond motifs is 5. The summed E-state index contributed by atoms with van der Waals surface area (Å²) < 4.78 is 17.4. The normalized spacial score (nSPS) is 23.0. The zero-order valence-electron chi connectivity index (χ0n) is 24.3. The number of rotatable bonds is 9. The summed E-state index contributed by atoms with van der Waals surface area (Å²) in [5, 5.41) is 1.07. The van der Waals surface area contributed by atoms with Gasteiger partial charge in [0.1, 0.15) is 0 Å². The highest BCUT2D eigenvalue weighted by Crippen LogP contribution is 2.49. The molecule has 9 nitrogen and oxygen atoms in total. The molecule has 218 valence electrons. The molecular formula is C32H40N4O5. The van der Waals surface area contributed by atoms with Crippen LogP contribution in [0, 0.1) is 0 Å². The van der Waals surface area contributed by atoms with Crippen molar-refractivity contribution >= 4 is 22.7 Å². The average molecular weight is 561 g/mol. The third-order valence-corrected chi connectivity index (χ3v) is 8.74. The van der Waals surface area contributed by atoms with Gasteiger partial charge in [-0.25, -0.2) is 0 Å². The Balaban J connectivity index is 1.40. The van der Waals surface area contributed by atoms with Crippen LogP contribution in [0.25, 0.3) is 10.9 Å². The molecule has 41 heavy (non-hydrogen) atoms. The minimum Gasteiger partial charge on any atom is -0.490 e. The highest BCUT2D eigenvalue weighted by molar-refractivity contribution is 6.01. The number of para-hydroxylation sites is 1. The van der Waals surface area contributed by atoms with Crippen LogP contribution in [0.3, 0.4) is 0 Å². The number of carbonyl (C=O) groups is 2. The van der Waals surface area contributed by atoms with Crippen molar-refractivity contribution in [2.45, 2.75) is 38.6 Å². The number of morpholine rings is 1. The molecule has 1 N–H and O–H groups in total. The quantitative estimate of drug-likeness (QED) is 0.429. The molecule has 2 amide bonds. The molecule has 3 aliphatic heterocycles. The van der Waals surface area contributed by atoms with E-state index in [-0.39, 0.29) is 24.3 Å². The monoisotopic (exact) mass is 560 g/mol. The largest absolute Gasteiger partial charge is 0.490 e. The van der Waals surface area contributed by atoms with E-state index in [0.29, 0.717) is 45.3 Å². The minimum atomic E-state index is -1.11. The average Bonchev–Trinajstić information content (AvgIpc) is 3.39. The van der Waals surface area contributed by atoms with Crippen molar-refractivity contribution in [3.63, 3.8) is 0 Å². The summed E-state index contributed by atoms with van der Waals surface area (Å²) in [7, 11) is 0. The van der Waals surface area contributed by atoms with Crippen LogP contribution in [0.2, 0.25) is 0 Å². The number of H-pyrrole nitrogens is 1. The second-order valence-corrected chi connectivity index (χ2v) is 11.3. The molecule has 9 heteroatoms. The predicted molar refractivity (Wildman–Crippen MR) is 156 cm³/mol. The van der Waals surface area contributed by atoms with Crippen LogP contribution in [-0.2, 0) is 19.9 Å². The van der Waals surface area contributed by atoms with Crippen LogP contribution >= 0.6 is 0 Å². The number of amides is 2. The topological polar surface area (TPSA) is 87.3 Å². The van der Waals surface area contributed by atoms with Crippen molar-refractivity contribution < 1.29 is 23.8 Å². The van der Waals surface area contributed by atoms with Gasteiger partial charge in [-0.2, -0.15) is 0 Å². The summed E-state index contributed by atoms with van der Waals surface area (Å²) in [6.07, 6.45) is 0.905. The molecular weight excluding hydrogens is 520 g/mol. The smallest absolute Gasteiger partial charge is 0.254 e. The molecule has 0 unspecified atom stereocenters. The Morgan fingerprint density at radius 1 is 1.02 bits per heavy atom. The third-order valence-electron chi connectivity index (χ3n) is 8.74. The molecule has 0 radical (unpaired) electrons. The van der Waals surface area contributed by atoms with Gasteiger partial charge in [0.25, 0.3) is 5.91 Å². The summed E-state index contributed by atoms with van der Waals surface area (Å²) in [5.74, 6) is 1.22. The van der Waals surface area contributed by atoms with Crippen LogP contribution in [0.15, 0.2) is 42.5 Å². The SMILES string of the molecule is CCCOc1ccc([C@H]2CN3C(=O)CN(CCN4CCOCC4)C(=O)[C@]3(C)c3[nH]c4ccccc4c32)cc1OCC. The Morgan fingerprint density at radius 3 is 2.61 bits per heavy atom. The molecule has 6 rings (SSSR count).